The molecule has 0 saturated carbocycles. The summed E-state index contributed by atoms with van der Waals surface area (Å²) < 4.78 is 14.8. The first-order valence-corrected chi connectivity index (χ1v) is 7.49. The lowest BCUT2D eigenvalue weighted by molar-refractivity contribution is 0.102. The maximum Gasteiger partial charge on any atom is 0.257 e. The molecule has 1 aromatic heterocycles. The van der Waals surface area contributed by atoms with Crippen molar-refractivity contribution in [3.05, 3.63) is 65.7 Å². The molecule has 0 aliphatic heterocycles. The minimum Gasteiger partial charge on any atom is -0.322 e. The summed E-state index contributed by atoms with van der Waals surface area (Å²) >= 11 is 0. The third-order valence-electron chi connectivity index (χ3n) is 3.63. The normalized spacial score (nSPS) is 10.8. The molecule has 2 aromatic carbocycles. The largest absolute Gasteiger partial charge is 0.322 e. The minimum absolute atomic E-state index is 0.258. The van der Waals surface area contributed by atoms with Crippen LogP contribution in [0.5, 0.6) is 0 Å². The molecule has 0 radical (unpaired) electrons. The van der Waals surface area contributed by atoms with Gasteiger partial charge in [-0.05, 0) is 40.1 Å². The molecule has 6 nitrogen and oxygen atoms in total. The van der Waals surface area contributed by atoms with E-state index in [0.29, 0.717) is 0 Å². The number of aromatic nitrogens is 4. The minimum atomic E-state index is -0.473. The molecule has 122 valence electrons. The molecule has 0 atom stereocenters. The van der Waals surface area contributed by atoms with Crippen molar-refractivity contribution >= 4 is 11.6 Å². The molecular formula is C17H16FN5O. The van der Waals surface area contributed by atoms with Crippen molar-refractivity contribution in [1.29, 1.82) is 0 Å². The molecule has 0 bridgehead atoms. The maximum absolute atomic E-state index is 13.6. The number of hydrogen-bond acceptors (Lipinski definition) is 4. The number of benzene rings is 2. The van der Waals surface area contributed by atoms with Crippen LogP contribution >= 0.6 is 0 Å². The van der Waals surface area contributed by atoms with E-state index in [2.05, 4.69) is 34.7 Å². The van der Waals surface area contributed by atoms with Crippen LogP contribution in [0, 0.1) is 5.82 Å². The number of nitrogens with zero attached hydrogens (tertiary/aromatic N) is 4. The molecule has 24 heavy (non-hydrogen) atoms. The zero-order chi connectivity index (χ0) is 17.1. The molecule has 1 heterocycles. The van der Waals surface area contributed by atoms with Gasteiger partial charge in [-0.3, -0.25) is 4.79 Å². The summed E-state index contributed by atoms with van der Waals surface area (Å²) in [6.45, 7) is 4.10. The van der Waals surface area contributed by atoms with Gasteiger partial charge >= 0.3 is 0 Å². The first kappa shape index (κ1) is 15.8. The molecule has 1 amide bonds. The van der Waals surface area contributed by atoms with Crippen molar-refractivity contribution in [1.82, 2.24) is 20.2 Å². The van der Waals surface area contributed by atoms with Crippen LogP contribution in [0.3, 0.4) is 0 Å². The highest BCUT2D eigenvalue weighted by atomic mass is 19.1. The van der Waals surface area contributed by atoms with E-state index in [1.165, 1.54) is 29.2 Å². The van der Waals surface area contributed by atoms with Crippen LogP contribution in [0.15, 0.2) is 48.8 Å². The van der Waals surface area contributed by atoms with E-state index in [-0.39, 0.29) is 23.1 Å². The molecule has 0 saturated heterocycles. The Kier molecular flexibility index (Phi) is 4.33. The van der Waals surface area contributed by atoms with E-state index in [1.54, 1.807) is 0 Å². The highest BCUT2D eigenvalue weighted by Gasteiger charge is 2.17. The van der Waals surface area contributed by atoms with E-state index >= 15 is 0 Å². The van der Waals surface area contributed by atoms with Crippen LogP contribution in [0.25, 0.3) is 5.69 Å². The van der Waals surface area contributed by atoms with Crippen molar-refractivity contribution in [3.8, 4) is 5.69 Å². The number of amides is 1. The number of para-hydroxylation sites is 1. The fraction of sp³-hybridized carbons (Fsp3) is 0.176. The SMILES string of the molecule is CC(C)c1ccccc1NC(=O)c1ccc(F)cc1-n1cnnn1. The second kappa shape index (κ2) is 6.57. The fourth-order valence-electron chi connectivity index (χ4n) is 2.46. The number of hydrogen-bond donors (Lipinski definition) is 1. The van der Waals surface area contributed by atoms with Gasteiger partial charge in [0, 0.05) is 11.8 Å². The average Bonchev–Trinajstić information content (AvgIpc) is 3.09. The Morgan fingerprint density at radius 1 is 1.21 bits per heavy atom. The first-order chi connectivity index (χ1) is 11.6. The van der Waals surface area contributed by atoms with E-state index in [0.717, 1.165) is 11.3 Å². The molecule has 0 aliphatic carbocycles. The highest BCUT2D eigenvalue weighted by Crippen LogP contribution is 2.25. The monoisotopic (exact) mass is 325 g/mol. The number of carbonyl (C=O) groups is 1. The van der Waals surface area contributed by atoms with Crippen LogP contribution in [0.1, 0.15) is 35.7 Å². The Bertz CT molecular complexity index is 861. The summed E-state index contributed by atoms with van der Waals surface area (Å²) in [5.74, 6) is -0.568. The van der Waals surface area contributed by atoms with Crippen LogP contribution < -0.4 is 5.32 Å². The Morgan fingerprint density at radius 2 is 2.00 bits per heavy atom. The van der Waals surface area contributed by atoms with Crippen LogP contribution in [0.2, 0.25) is 0 Å². The third kappa shape index (κ3) is 3.15. The van der Waals surface area contributed by atoms with Gasteiger partial charge in [-0.2, -0.15) is 4.68 Å². The maximum atomic E-state index is 13.6. The molecule has 3 rings (SSSR count). The van der Waals surface area contributed by atoms with E-state index in [1.807, 2.05) is 24.3 Å². The van der Waals surface area contributed by atoms with Crippen molar-refractivity contribution in [2.75, 3.05) is 5.32 Å². The zero-order valence-corrected chi connectivity index (χ0v) is 13.3. The number of carbonyl (C=O) groups excluding carboxylic acids is 1. The van der Waals surface area contributed by atoms with E-state index in [9.17, 15) is 9.18 Å². The molecule has 3 aromatic rings. The summed E-state index contributed by atoms with van der Waals surface area (Å²) in [6.07, 6.45) is 1.31. The number of nitrogens with one attached hydrogen (secondary N) is 1. The quantitative estimate of drug-likeness (QED) is 0.799. The van der Waals surface area contributed by atoms with Crippen molar-refractivity contribution < 1.29 is 9.18 Å². The molecule has 7 heteroatoms. The van der Waals surface area contributed by atoms with Gasteiger partial charge in [0.1, 0.15) is 12.1 Å². The number of halogens is 1. The predicted molar refractivity (Wildman–Crippen MR) is 87.6 cm³/mol. The summed E-state index contributed by atoms with van der Waals surface area (Å²) in [7, 11) is 0. The lowest BCUT2D eigenvalue weighted by Crippen LogP contribution is -2.17. The smallest absolute Gasteiger partial charge is 0.257 e. The van der Waals surface area contributed by atoms with Gasteiger partial charge in [-0.25, -0.2) is 4.39 Å². The number of tetrazole rings is 1. The summed E-state index contributed by atoms with van der Waals surface area (Å²) in [5.41, 5.74) is 2.31. The van der Waals surface area contributed by atoms with Gasteiger partial charge in [0.05, 0.1) is 11.3 Å². The van der Waals surface area contributed by atoms with Crippen LogP contribution in [-0.4, -0.2) is 26.1 Å². The van der Waals surface area contributed by atoms with Gasteiger partial charge in [-0.15, -0.1) is 5.10 Å². The highest BCUT2D eigenvalue weighted by molar-refractivity contribution is 6.07. The predicted octanol–water partition coefficient (Wildman–Crippen LogP) is 3.18. The van der Waals surface area contributed by atoms with Gasteiger partial charge in [0.2, 0.25) is 0 Å². The Labute approximate surface area is 138 Å². The van der Waals surface area contributed by atoms with Crippen molar-refractivity contribution in [3.63, 3.8) is 0 Å². The first-order valence-electron chi connectivity index (χ1n) is 7.49. The standard InChI is InChI=1S/C17H16FN5O/c1-11(2)13-5-3-4-6-15(13)20-17(24)14-8-7-12(18)9-16(14)23-10-19-21-22-23/h3-11H,1-2H3,(H,20,24). The Balaban J connectivity index is 1.97. The molecule has 0 spiro atoms. The van der Waals surface area contributed by atoms with Crippen LogP contribution in [-0.2, 0) is 0 Å². The lowest BCUT2D eigenvalue weighted by Gasteiger charge is -2.15. The number of rotatable bonds is 4. The van der Waals surface area contributed by atoms with Crippen molar-refractivity contribution in [2.45, 2.75) is 19.8 Å². The van der Waals surface area contributed by atoms with Crippen molar-refractivity contribution in [2.24, 2.45) is 0 Å². The molecule has 0 aliphatic rings. The summed E-state index contributed by atoms with van der Waals surface area (Å²) in [5, 5.41) is 13.7. The average molecular weight is 325 g/mol. The zero-order valence-electron chi connectivity index (χ0n) is 13.3. The van der Waals surface area contributed by atoms with E-state index < -0.39 is 5.82 Å². The second-order valence-electron chi connectivity index (χ2n) is 5.61. The van der Waals surface area contributed by atoms with E-state index in [4.69, 9.17) is 0 Å². The second-order valence-corrected chi connectivity index (χ2v) is 5.61. The molecule has 1 N–H and O–H groups in total. The van der Waals surface area contributed by atoms with Gasteiger partial charge in [-0.1, -0.05) is 32.0 Å². The van der Waals surface area contributed by atoms with Gasteiger partial charge < -0.3 is 5.32 Å². The molecule has 0 unspecified atom stereocenters. The molecular weight excluding hydrogens is 309 g/mol. The Hall–Kier alpha value is -3.09. The lowest BCUT2D eigenvalue weighted by atomic mass is 10.0. The van der Waals surface area contributed by atoms with Gasteiger partial charge in [0.15, 0.2) is 0 Å². The molecule has 0 fully saturated rings. The third-order valence-corrected chi connectivity index (χ3v) is 3.63. The number of anilines is 1. The topological polar surface area (TPSA) is 72.7 Å². The van der Waals surface area contributed by atoms with Crippen LogP contribution in [0.4, 0.5) is 10.1 Å². The summed E-state index contributed by atoms with van der Waals surface area (Å²) in [4.78, 5) is 12.7. The van der Waals surface area contributed by atoms with Gasteiger partial charge in [0.25, 0.3) is 5.91 Å². The Morgan fingerprint density at radius 3 is 2.71 bits per heavy atom. The summed E-state index contributed by atoms with van der Waals surface area (Å²) in [6, 6.07) is 11.5. The fourth-order valence-corrected chi connectivity index (χ4v) is 2.46.